The lowest BCUT2D eigenvalue weighted by Gasteiger charge is -2.14. The molecule has 0 aliphatic carbocycles. The topological polar surface area (TPSA) is 45.7 Å². The van der Waals surface area contributed by atoms with Crippen LogP contribution in [0.5, 0.6) is 0 Å². The first kappa shape index (κ1) is 17.5. The Morgan fingerprint density at radius 2 is 1.88 bits per heavy atom. The van der Waals surface area contributed by atoms with Crippen molar-refractivity contribution >= 4 is 34.0 Å². The monoisotopic (exact) mass is 353 g/mol. The van der Waals surface area contributed by atoms with Crippen LogP contribution in [0.1, 0.15) is 24.1 Å². The molecule has 0 saturated heterocycles. The van der Waals surface area contributed by atoms with Gasteiger partial charge in [0.25, 0.3) is 5.91 Å². The molecule has 3 aromatic carbocycles. The summed E-state index contributed by atoms with van der Waals surface area (Å²) >= 11 is 6.17. The summed E-state index contributed by atoms with van der Waals surface area (Å²) in [6.07, 6.45) is 0. The number of nitrogens with one attached hydrogen (secondary N) is 1. The van der Waals surface area contributed by atoms with Crippen LogP contribution in [0.25, 0.3) is 10.8 Å². The Labute approximate surface area is 153 Å². The molecule has 0 unspecified atom stereocenters. The predicted molar refractivity (Wildman–Crippen MR) is 104 cm³/mol. The van der Waals surface area contributed by atoms with E-state index >= 15 is 0 Å². The number of benzene rings is 3. The summed E-state index contributed by atoms with van der Waals surface area (Å²) in [5.41, 5.74) is 2.96. The molecule has 0 fully saturated rings. The van der Waals surface area contributed by atoms with Gasteiger partial charge in [-0.15, -0.1) is 0 Å². The van der Waals surface area contributed by atoms with Crippen LogP contribution < -0.4 is 10.6 Å². The molecule has 128 valence electrons. The zero-order valence-electron chi connectivity index (χ0n) is 14.4. The number of quaternary nitrogens is 1. The first-order valence-corrected chi connectivity index (χ1v) is 8.79. The quantitative estimate of drug-likeness (QED) is 0.713. The second-order valence-electron chi connectivity index (χ2n) is 6.33. The third-order valence-corrected chi connectivity index (χ3v) is 4.68. The minimum atomic E-state index is -0.0576. The molecule has 0 aliphatic rings. The molecule has 0 radical (unpaired) electrons. The van der Waals surface area contributed by atoms with E-state index in [-0.39, 0.29) is 11.9 Å². The van der Waals surface area contributed by atoms with Crippen LogP contribution in [0.3, 0.4) is 0 Å². The van der Waals surface area contributed by atoms with E-state index in [1.54, 1.807) is 0 Å². The highest BCUT2D eigenvalue weighted by Gasteiger charge is 2.14. The molecule has 0 bridgehead atoms. The molecule has 4 heteroatoms. The number of hydrogen-bond donors (Lipinski definition) is 2. The first-order chi connectivity index (χ1) is 12.0. The molecule has 3 aromatic rings. The maximum Gasteiger partial charge on any atom is 0.279 e. The van der Waals surface area contributed by atoms with Crippen LogP contribution in [-0.4, -0.2) is 12.5 Å². The van der Waals surface area contributed by atoms with Crippen LogP contribution in [0, 0.1) is 6.92 Å². The van der Waals surface area contributed by atoms with Crippen LogP contribution in [0.15, 0.2) is 60.7 Å². The van der Waals surface area contributed by atoms with Crippen molar-refractivity contribution in [2.45, 2.75) is 19.9 Å². The Morgan fingerprint density at radius 3 is 2.68 bits per heavy atom. The highest BCUT2D eigenvalue weighted by molar-refractivity contribution is 6.33. The largest absolute Gasteiger partial charge is 0.332 e. The highest BCUT2D eigenvalue weighted by Crippen LogP contribution is 2.23. The molecule has 1 amide bonds. The van der Waals surface area contributed by atoms with E-state index in [0.29, 0.717) is 17.3 Å². The number of anilines is 1. The van der Waals surface area contributed by atoms with Gasteiger partial charge in [-0.3, -0.25) is 4.79 Å². The van der Waals surface area contributed by atoms with Crippen molar-refractivity contribution in [3.8, 4) is 0 Å². The number of fused-ring (bicyclic) bond motifs is 1. The van der Waals surface area contributed by atoms with Gasteiger partial charge in [0, 0.05) is 5.56 Å². The third-order valence-electron chi connectivity index (χ3n) is 4.37. The van der Waals surface area contributed by atoms with Gasteiger partial charge in [0.05, 0.1) is 10.7 Å². The van der Waals surface area contributed by atoms with Gasteiger partial charge in [-0.1, -0.05) is 60.1 Å². The lowest BCUT2D eigenvalue weighted by atomic mass is 10.00. The Hall–Kier alpha value is -2.36. The van der Waals surface area contributed by atoms with Gasteiger partial charge in [0.2, 0.25) is 0 Å². The molecule has 0 heterocycles. The van der Waals surface area contributed by atoms with Crippen molar-refractivity contribution in [1.82, 2.24) is 0 Å². The van der Waals surface area contributed by atoms with Crippen molar-refractivity contribution in [3.05, 3.63) is 76.8 Å². The highest BCUT2D eigenvalue weighted by atomic mass is 35.5. The van der Waals surface area contributed by atoms with Crippen LogP contribution in [-0.2, 0) is 4.79 Å². The molecule has 25 heavy (non-hydrogen) atoms. The fraction of sp³-hybridized carbons (Fsp3) is 0.190. The zero-order valence-corrected chi connectivity index (χ0v) is 15.2. The summed E-state index contributed by atoms with van der Waals surface area (Å²) in [5.74, 6) is -0.0576. The van der Waals surface area contributed by atoms with Gasteiger partial charge in [0.15, 0.2) is 6.54 Å². The van der Waals surface area contributed by atoms with Gasteiger partial charge < -0.3 is 10.6 Å². The second-order valence-corrected chi connectivity index (χ2v) is 6.74. The number of aryl methyl sites for hydroxylation is 1. The third kappa shape index (κ3) is 4.19. The molecule has 0 aliphatic heterocycles. The van der Waals surface area contributed by atoms with E-state index in [1.807, 2.05) is 42.6 Å². The number of hydrogen-bond acceptors (Lipinski definition) is 1. The van der Waals surface area contributed by atoms with Gasteiger partial charge in [-0.2, -0.15) is 0 Å². The minimum Gasteiger partial charge on any atom is -0.332 e. The summed E-state index contributed by atoms with van der Waals surface area (Å²) in [4.78, 5) is 12.2. The Morgan fingerprint density at radius 1 is 1.12 bits per heavy atom. The minimum absolute atomic E-state index is 0.0576. The summed E-state index contributed by atoms with van der Waals surface area (Å²) in [6, 6.07) is 20.4. The number of halogens is 1. The Balaban J connectivity index is 1.65. The summed E-state index contributed by atoms with van der Waals surface area (Å²) in [5, 5.41) is 7.94. The van der Waals surface area contributed by atoms with Crippen molar-refractivity contribution in [1.29, 1.82) is 0 Å². The summed E-state index contributed by atoms with van der Waals surface area (Å²) in [6.45, 7) is 4.43. The van der Waals surface area contributed by atoms with Crippen LogP contribution >= 0.6 is 11.6 Å². The van der Waals surface area contributed by atoms with Crippen LogP contribution in [0.2, 0.25) is 5.02 Å². The maximum atomic E-state index is 12.2. The normalized spacial score (nSPS) is 12.1. The van der Waals surface area contributed by atoms with E-state index in [0.717, 1.165) is 5.56 Å². The summed E-state index contributed by atoms with van der Waals surface area (Å²) < 4.78 is 0. The molecule has 3 rings (SSSR count). The van der Waals surface area contributed by atoms with Gasteiger partial charge in [-0.25, -0.2) is 0 Å². The van der Waals surface area contributed by atoms with E-state index in [9.17, 15) is 4.79 Å². The number of rotatable bonds is 5. The fourth-order valence-corrected chi connectivity index (χ4v) is 3.26. The van der Waals surface area contributed by atoms with Crippen molar-refractivity contribution in [2.75, 3.05) is 11.9 Å². The van der Waals surface area contributed by atoms with E-state index in [2.05, 4.69) is 42.6 Å². The predicted octanol–water partition coefficient (Wildman–Crippen LogP) is 4.06. The number of nitrogens with two attached hydrogens (primary N) is 1. The number of amides is 1. The molecule has 0 spiro atoms. The van der Waals surface area contributed by atoms with Gasteiger partial charge in [-0.05, 0) is 42.3 Å². The Kier molecular flexibility index (Phi) is 5.37. The molecule has 3 N–H and O–H groups in total. The molecule has 0 saturated carbocycles. The zero-order chi connectivity index (χ0) is 17.8. The molecule has 1 atom stereocenters. The van der Waals surface area contributed by atoms with E-state index in [1.165, 1.54) is 16.3 Å². The molecular formula is C21H22ClN2O+. The van der Waals surface area contributed by atoms with E-state index in [4.69, 9.17) is 11.6 Å². The first-order valence-electron chi connectivity index (χ1n) is 8.41. The van der Waals surface area contributed by atoms with Crippen LogP contribution in [0.4, 0.5) is 5.69 Å². The maximum absolute atomic E-state index is 12.2. The van der Waals surface area contributed by atoms with Crippen molar-refractivity contribution in [3.63, 3.8) is 0 Å². The lowest BCUT2D eigenvalue weighted by Crippen LogP contribution is -2.86. The fourth-order valence-electron chi connectivity index (χ4n) is 2.98. The van der Waals surface area contributed by atoms with Gasteiger partial charge >= 0.3 is 0 Å². The number of carbonyl (C=O) groups excluding carboxylic acids is 1. The number of carbonyl (C=O) groups is 1. The van der Waals surface area contributed by atoms with E-state index < -0.39 is 0 Å². The molecular weight excluding hydrogens is 332 g/mol. The summed E-state index contributed by atoms with van der Waals surface area (Å²) in [7, 11) is 0. The average molecular weight is 354 g/mol. The van der Waals surface area contributed by atoms with Crippen molar-refractivity contribution < 1.29 is 10.1 Å². The smallest absolute Gasteiger partial charge is 0.279 e. The average Bonchev–Trinajstić information content (AvgIpc) is 2.61. The molecule has 3 nitrogen and oxygen atoms in total. The van der Waals surface area contributed by atoms with Gasteiger partial charge in [0.1, 0.15) is 6.04 Å². The van der Waals surface area contributed by atoms with Crippen molar-refractivity contribution in [2.24, 2.45) is 0 Å². The second kappa shape index (κ2) is 7.68. The SMILES string of the molecule is Cc1ccc(NC(=O)C[NH2+][C@@H](C)c2cccc3ccccc23)c(Cl)c1. The standard InChI is InChI=1S/C21H21ClN2O/c1-14-10-11-20(19(22)12-14)24-21(25)13-23-15(2)17-9-5-7-16-6-3-4-8-18(16)17/h3-12,15,23H,13H2,1-2H3,(H,24,25)/p+1/t15-/m0/s1. The Bertz CT molecular complexity index is 902. The molecule has 0 aromatic heterocycles. The lowest BCUT2D eigenvalue weighted by molar-refractivity contribution is -0.682.